The summed E-state index contributed by atoms with van der Waals surface area (Å²) in [5.74, 6) is -0.691. The maximum atomic E-state index is 12.4. The number of carbonyl (C=O) groups is 2. The second-order valence-corrected chi connectivity index (χ2v) is 5.40. The third-order valence-electron chi connectivity index (χ3n) is 3.90. The average Bonchev–Trinajstić information content (AvgIpc) is 3.30. The molecule has 5 heteroatoms. The number of benzene rings is 1. The summed E-state index contributed by atoms with van der Waals surface area (Å²) in [6.45, 7) is 1.92. The molecule has 2 N–H and O–H groups in total. The quantitative estimate of drug-likeness (QED) is 0.807. The van der Waals surface area contributed by atoms with Crippen LogP contribution in [0.2, 0.25) is 0 Å². The van der Waals surface area contributed by atoms with Crippen LogP contribution in [-0.2, 0) is 9.59 Å². The second kappa shape index (κ2) is 6.61. The third kappa shape index (κ3) is 3.74. The van der Waals surface area contributed by atoms with Crippen molar-refractivity contribution in [1.29, 1.82) is 0 Å². The average molecular weight is 291 g/mol. The van der Waals surface area contributed by atoms with Crippen molar-refractivity contribution in [3.63, 3.8) is 0 Å². The second-order valence-electron chi connectivity index (χ2n) is 5.40. The number of amides is 1. The molecule has 2 rings (SSSR count). The van der Waals surface area contributed by atoms with E-state index in [-0.39, 0.29) is 17.7 Å². The Morgan fingerprint density at radius 1 is 1.33 bits per heavy atom. The molecule has 1 aromatic rings. The zero-order valence-corrected chi connectivity index (χ0v) is 12.3. The van der Waals surface area contributed by atoms with Gasteiger partial charge in [0.2, 0.25) is 5.91 Å². The largest absolute Gasteiger partial charge is 0.497 e. The molecular formula is C16H21NO4. The number of nitrogens with one attached hydrogen (secondary N) is 1. The lowest BCUT2D eigenvalue weighted by Crippen LogP contribution is -2.44. The van der Waals surface area contributed by atoms with Crippen molar-refractivity contribution in [2.45, 2.75) is 38.1 Å². The maximum Gasteiger partial charge on any atom is 0.326 e. The molecule has 0 spiro atoms. The number of carboxylic acid groups (broad SMARTS) is 1. The predicted octanol–water partition coefficient (Wildman–Crippen LogP) is 2.17. The highest BCUT2D eigenvalue weighted by Crippen LogP contribution is 2.33. The van der Waals surface area contributed by atoms with Crippen LogP contribution >= 0.6 is 0 Å². The van der Waals surface area contributed by atoms with Crippen LogP contribution in [0.1, 0.15) is 37.7 Å². The van der Waals surface area contributed by atoms with Gasteiger partial charge in [-0.2, -0.15) is 0 Å². The molecule has 0 heterocycles. The Morgan fingerprint density at radius 2 is 1.95 bits per heavy atom. The van der Waals surface area contributed by atoms with E-state index in [9.17, 15) is 14.7 Å². The van der Waals surface area contributed by atoms with Crippen molar-refractivity contribution in [1.82, 2.24) is 5.32 Å². The zero-order valence-electron chi connectivity index (χ0n) is 12.3. The molecule has 0 aliphatic heterocycles. The minimum atomic E-state index is -0.949. The van der Waals surface area contributed by atoms with Gasteiger partial charge in [0.15, 0.2) is 0 Å². The van der Waals surface area contributed by atoms with Crippen molar-refractivity contribution in [2.75, 3.05) is 7.11 Å². The van der Waals surface area contributed by atoms with Crippen LogP contribution in [0.4, 0.5) is 0 Å². The molecule has 1 aromatic carbocycles. The van der Waals surface area contributed by atoms with Crippen LogP contribution in [0, 0.1) is 5.92 Å². The lowest BCUT2D eigenvalue weighted by Gasteiger charge is -2.19. The van der Waals surface area contributed by atoms with Crippen LogP contribution in [0.5, 0.6) is 5.75 Å². The molecule has 0 radical (unpaired) electrons. The number of hydrogen-bond acceptors (Lipinski definition) is 3. The highest BCUT2D eigenvalue weighted by Gasteiger charge is 2.38. The fourth-order valence-corrected chi connectivity index (χ4v) is 2.47. The van der Waals surface area contributed by atoms with E-state index in [1.54, 1.807) is 19.2 Å². The standard InChI is InChI=1S/C16H21NO4/c1-3-13(10-6-8-12(21-2)9-7-10)15(18)17-14(16(19)20)11-4-5-11/h6-9,11,13-14H,3-5H2,1-2H3,(H,17,18)(H,19,20). The van der Waals surface area contributed by atoms with Gasteiger partial charge < -0.3 is 15.2 Å². The van der Waals surface area contributed by atoms with Crippen molar-refractivity contribution >= 4 is 11.9 Å². The fourth-order valence-electron chi connectivity index (χ4n) is 2.47. The van der Waals surface area contributed by atoms with Gasteiger partial charge in [-0.25, -0.2) is 4.79 Å². The van der Waals surface area contributed by atoms with Crippen molar-refractivity contribution in [3.05, 3.63) is 29.8 Å². The molecule has 2 unspecified atom stereocenters. The van der Waals surface area contributed by atoms with Gasteiger partial charge in [-0.1, -0.05) is 19.1 Å². The van der Waals surface area contributed by atoms with Crippen molar-refractivity contribution < 1.29 is 19.4 Å². The summed E-state index contributed by atoms with van der Waals surface area (Å²) in [5, 5.41) is 11.9. The number of methoxy groups -OCH3 is 1. The van der Waals surface area contributed by atoms with Gasteiger partial charge in [-0.05, 0) is 42.9 Å². The minimum absolute atomic E-state index is 0.0832. The van der Waals surface area contributed by atoms with E-state index >= 15 is 0 Å². The van der Waals surface area contributed by atoms with E-state index in [0.717, 1.165) is 24.2 Å². The molecule has 5 nitrogen and oxygen atoms in total. The fraction of sp³-hybridized carbons (Fsp3) is 0.500. The monoisotopic (exact) mass is 291 g/mol. The number of hydrogen-bond donors (Lipinski definition) is 2. The molecule has 1 fully saturated rings. The Morgan fingerprint density at radius 3 is 2.38 bits per heavy atom. The Bertz CT molecular complexity index is 508. The van der Waals surface area contributed by atoms with E-state index in [0.29, 0.717) is 6.42 Å². The van der Waals surface area contributed by atoms with E-state index in [2.05, 4.69) is 5.32 Å². The van der Waals surface area contributed by atoms with Crippen LogP contribution in [-0.4, -0.2) is 30.1 Å². The first-order valence-corrected chi connectivity index (χ1v) is 7.24. The number of aliphatic carboxylic acids is 1. The number of carboxylic acids is 1. The highest BCUT2D eigenvalue weighted by atomic mass is 16.5. The van der Waals surface area contributed by atoms with Crippen LogP contribution in [0.25, 0.3) is 0 Å². The van der Waals surface area contributed by atoms with Gasteiger partial charge in [0.25, 0.3) is 0 Å². The first-order valence-electron chi connectivity index (χ1n) is 7.24. The van der Waals surface area contributed by atoms with E-state index in [1.165, 1.54) is 0 Å². The molecule has 1 saturated carbocycles. The maximum absolute atomic E-state index is 12.4. The smallest absolute Gasteiger partial charge is 0.326 e. The molecule has 1 aliphatic rings. The summed E-state index contributed by atoms with van der Waals surface area (Å²) < 4.78 is 5.10. The van der Waals surface area contributed by atoms with Crippen molar-refractivity contribution in [3.8, 4) is 5.75 Å². The van der Waals surface area contributed by atoms with E-state index in [4.69, 9.17) is 4.74 Å². The van der Waals surface area contributed by atoms with Gasteiger partial charge >= 0.3 is 5.97 Å². The first kappa shape index (κ1) is 15.4. The van der Waals surface area contributed by atoms with Gasteiger partial charge in [-0.15, -0.1) is 0 Å². The minimum Gasteiger partial charge on any atom is -0.497 e. The summed E-state index contributed by atoms with van der Waals surface area (Å²) in [7, 11) is 1.59. The van der Waals surface area contributed by atoms with Gasteiger partial charge in [0.05, 0.1) is 13.0 Å². The molecule has 0 bridgehead atoms. The Kier molecular flexibility index (Phi) is 4.83. The van der Waals surface area contributed by atoms with Gasteiger partial charge in [0.1, 0.15) is 11.8 Å². The topological polar surface area (TPSA) is 75.6 Å². The lowest BCUT2D eigenvalue weighted by molar-refractivity contribution is -0.142. The summed E-state index contributed by atoms with van der Waals surface area (Å²) in [6.07, 6.45) is 2.36. The SMILES string of the molecule is CCC(C(=O)NC(C(=O)O)C1CC1)c1ccc(OC)cc1. The molecule has 21 heavy (non-hydrogen) atoms. The number of carbonyl (C=O) groups excluding carboxylic acids is 1. The molecule has 0 saturated heterocycles. The molecule has 114 valence electrons. The van der Waals surface area contributed by atoms with Gasteiger partial charge in [0, 0.05) is 0 Å². The van der Waals surface area contributed by atoms with E-state index in [1.807, 2.05) is 19.1 Å². The summed E-state index contributed by atoms with van der Waals surface area (Å²) in [6, 6.07) is 6.55. The molecular weight excluding hydrogens is 270 g/mol. The number of rotatable bonds is 7. The zero-order chi connectivity index (χ0) is 15.4. The van der Waals surface area contributed by atoms with Gasteiger partial charge in [-0.3, -0.25) is 4.79 Å². The Labute approximate surface area is 124 Å². The van der Waals surface area contributed by atoms with E-state index < -0.39 is 12.0 Å². The summed E-state index contributed by atoms with van der Waals surface area (Å²) >= 11 is 0. The molecule has 1 aliphatic carbocycles. The van der Waals surface area contributed by atoms with Crippen molar-refractivity contribution in [2.24, 2.45) is 5.92 Å². The Hall–Kier alpha value is -2.04. The predicted molar refractivity (Wildman–Crippen MR) is 78.3 cm³/mol. The highest BCUT2D eigenvalue weighted by molar-refractivity contribution is 5.88. The Balaban J connectivity index is 2.08. The normalized spacial score (nSPS) is 16.9. The molecule has 2 atom stereocenters. The molecule has 0 aromatic heterocycles. The van der Waals surface area contributed by atoms with Crippen LogP contribution in [0.15, 0.2) is 24.3 Å². The summed E-state index contributed by atoms with van der Waals surface area (Å²) in [4.78, 5) is 23.6. The summed E-state index contributed by atoms with van der Waals surface area (Å²) in [5.41, 5.74) is 0.871. The lowest BCUT2D eigenvalue weighted by atomic mass is 9.95. The van der Waals surface area contributed by atoms with Crippen LogP contribution < -0.4 is 10.1 Å². The number of ether oxygens (including phenoxy) is 1. The molecule has 1 amide bonds. The van der Waals surface area contributed by atoms with Crippen LogP contribution in [0.3, 0.4) is 0 Å². The third-order valence-corrected chi connectivity index (χ3v) is 3.90. The first-order chi connectivity index (χ1) is 10.1.